The number of imidazole rings is 1. The molecule has 0 atom stereocenters. The van der Waals surface area contributed by atoms with Gasteiger partial charge in [0.05, 0.1) is 21.5 Å². The first-order chi connectivity index (χ1) is 15.4. The van der Waals surface area contributed by atoms with E-state index < -0.39 is 21.9 Å². The molecule has 0 bridgehead atoms. The Morgan fingerprint density at radius 2 is 1.72 bits per heavy atom. The fraction of sp³-hybridized carbons (Fsp3) is 0. The van der Waals surface area contributed by atoms with Gasteiger partial charge in [-0.15, -0.1) is 0 Å². The molecule has 0 aliphatic heterocycles. The molecule has 3 N–H and O–H groups in total. The molecule has 2 aromatic heterocycles. The van der Waals surface area contributed by atoms with Crippen molar-refractivity contribution in [2.75, 3.05) is 0 Å². The lowest BCUT2D eigenvalue weighted by atomic mass is 10.1. The number of para-hydroxylation sites is 2. The van der Waals surface area contributed by atoms with E-state index in [1.807, 2.05) is 29.2 Å². The first-order valence-electron chi connectivity index (χ1n) is 9.30. The van der Waals surface area contributed by atoms with Crippen LogP contribution in [-0.4, -0.2) is 24.9 Å². The molecular weight excluding hydrogens is 412 g/mol. The molecule has 2 aromatic carbocycles. The molecule has 0 aliphatic rings. The summed E-state index contributed by atoms with van der Waals surface area (Å²) in [5, 5.41) is 20.6. The average Bonchev–Trinajstić information content (AvgIpc) is 3.20. The second kappa shape index (κ2) is 8.37. The molecule has 0 unspecified atom stereocenters. The van der Waals surface area contributed by atoms with E-state index in [-0.39, 0.29) is 5.69 Å². The van der Waals surface area contributed by atoms with Crippen LogP contribution in [-0.2, 0) is 0 Å². The number of hydrogen-bond acceptors (Lipinski definition) is 6. The zero-order valence-electron chi connectivity index (χ0n) is 16.3. The van der Waals surface area contributed by atoms with Crippen molar-refractivity contribution in [3.63, 3.8) is 0 Å². The highest BCUT2D eigenvalue weighted by Gasteiger charge is 2.18. The Balaban J connectivity index is 1.61. The van der Waals surface area contributed by atoms with E-state index in [9.17, 15) is 25.0 Å². The van der Waals surface area contributed by atoms with Crippen LogP contribution in [0.3, 0.4) is 0 Å². The van der Waals surface area contributed by atoms with Crippen LogP contribution in [0, 0.1) is 21.4 Å². The molecule has 0 aliphatic carbocycles. The molecular formula is C22H14N6O4. The standard InChI is InChI=1S/C22H14N6O4/c23-12-15(20-24-16-3-1-2-4-17(16)25-20)11-14-7-5-13(6-8-14)9-10-18-19(28(31)32)21(29)27-22(30)26-18/h1-11H,(H,24,25)(H2,26,27,29,30)/b10-9+,15-11-. The van der Waals surface area contributed by atoms with Crippen LogP contribution in [0.2, 0.25) is 0 Å². The van der Waals surface area contributed by atoms with Crippen molar-refractivity contribution in [2.45, 2.75) is 0 Å². The summed E-state index contributed by atoms with van der Waals surface area (Å²) < 4.78 is 0. The van der Waals surface area contributed by atoms with E-state index >= 15 is 0 Å². The first kappa shape index (κ1) is 20.2. The maximum Gasteiger partial charge on any atom is 0.357 e. The highest BCUT2D eigenvalue weighted by molar-refractivity contribution is 5.90. The molecule has 0 saturated carbocycles. The fourth-order valence-corrected chi connectivity index (χ4v) is 3.08. The fourth-order valence-electron chi connectivity index (χ4n) is 3.08. The van der Waals surface area contributed by atoms with Crippen LogP contribution >= 0.6 is 0 Å². The summed E-state index contributed by atoms with van der Waals surface area (Å²) in [5.74, 6) is 0.461. The van der Waals surface area contributed by atoms with E-state index in [1.165, 1.54) is 12.2 Å². The van der Waals surface area contributed by atoms with Crippen molar-refractivity contribution in [2.24, 2.45) is 0 Å². The molecule has 0 spiro atoms. The van der Waals surface area contributed by atoms with Crippen molar-refractivity contribution in [3.05, 3.63) is 102 Å². The van der Waals surface area contributed by atoms with Crippen LogP contribution < -0.4 is 11.2 Å². The van der Waals surface area contributed by atoms with Gasteiger partial charge in [0.1, 0.15) is 17.6 Å². The highest BCUT2D eigenvalue weighted by Crippen LogP contribution is 2.20. The summed E-state index contributed by atoms with van der Waals surface area (Å²) in [5.41, 5.74) is 0.501. The number of allylic oxidation sites excluding steroid dienone is 1. The molecule has 10 nitrogen and oxygen atoms in total. The second-order valence-corrected chi connectivity index (χ2v) is 6.70. The van der Waals surface area contributed by atoms with Gasteiger partial charge in [0.25, 0.3) is 0 Å². The summed E-state index contributed by atoms with van der Waals surface area (Å²) in [4.78, 5) is 45.0. The SMILES string of the molecule is N#C/C(=C/c1ccc(/C=C/c2[nH]c(=O)[nH]c(=O)c2[N+](=O)[O-])cc1)c1nc2ccccc2[nH]1. The molecule has 0 fully saturated rings. The van der Waals surface area contributed by atoms with Crippen LogP contribution in [0.5, 0.6) is 0 Å². The lowest BCUT2D eigenvalue weighted by Gasteiger charge is -1.99. The molecule has 4 rings (SSSR count). The first-order valence-corrected chi connectivity index (χ1v) is 9.30. The average molecular weight is 426 g/mol. The Kier molecular flexibility index (Phi) is 5.29. The lowest BCUT2D eigenvalue weighted by molar-refractivity contribution is -0.386. The van der Waals surface area contributed by atoms with Gasteiger partial charge < -0.3 is 9.97 Å². The van der Waals surface area contributed by atoms with Crippen molar-refractivity contribution >= 4 is 40.5 Å². The van der Waals surface area contributed by atoms with Crippen LogP contribution in [0.1, 0.15) is 22.6 Å². The molecule has 0 amide bonds. The van der Waals surface area contributed by atoms with Crippen LogP contribution in [0.4, 0.5) is 5.69 Å². The van der Waals surface area contributed by atoms with Gasteiger partial charge >= 0.3 is 16.9 Å². The molecule has 0 radical (unpaired) electrons. The second-order valence-electron chi connectivity index (χ2n) is 6.70. The number of nitrogens with zero attached hydrogens (tertiary/aromatic N) is 3. The normalized spacial score (nSPS) is 11.7. The molecule has 4 aromatic rings. The van der Waals surface area contributed by atoms with Gasteiger partial charge in [0.2, 0.25) is 0 Å². The number of nitro groups is 1. The monoisotopic (exact) mass is 426 g/mol. The predicted octanol–water partition coefficient (Wildman–Crippen LogP) is 3.08. The number of aromatic nitrogens is 4. The van der Waals surface area contributed by atoms with Gasteiger partial charge in [-0.05, 0) is 35.4 Å². The molecule has 156 valence electrons. The van der Waals surface area contributed by atoms with Crippen molar-refractivity contribution in [1.82, 2.24) is 19.9 Å². The smallest absolute Gasteiger partial charge is 0.337 e. The third-order valence-electron chi connectivity index (χ3n) is 4.58. The summed E-state index contributed by atoms with van der Waals surface area (Å²) >= 11 is 0. The summed E-state index contributed by atoms with van der Waals surface area (Å²) in [7, 11) is 0. The number of benzene rings is 2. The van der Waals surface area contributed by atoms with Crippen LogP contribution in [0.15, 0.2) is 58.1 Å². The van der Waals surface area contributed by atoms with Crippen molar-refractivity contribution < 1.29 is 4.92 Å². The lowest BCUT2D eigenvalue weighted by Crippen LogP contribution is -2.25. The van der Waals surface area contributed by atoms with E-state index in [4.69, 9.17) is 0 Å². The third kappa shape index (κ3) is 4.12. The highest BCUT2D eigenvalue weighted by atomic mass is 16.6. The molecule has 2 heterocycles. The topological polar surface area (TPSA) is 161 Å². The summed E-state index contributed by atoms with van der Waals surface area (Å²) in [6, 6.07) is 16.6. The van der Waals surface area contributed by atoms with Crippen LogP contribution in [0.25, 0.3) is 34.8 Å². The minimum atomic E-state index is -1.08. The Bertz CT molecular complexity index is 1520. The quantitative estimate of drug-likeness (QED) is 0.252. The van der Waals surface area contributed by atoms with Gasteiger partial charge in [0, 0.05) is 0 Å². The minimum Gasteiger partial charge on any atom is -0.337 e. The van der Waals surface area contributed by atoms with Gasteiger partial charge in [0.15, 0.2) is 0 Å². The van der Waals surface area contributed by atoms with E-state index in [2.05, 4.69) is 21.0 Å². The Hall–Kier alpha value is -5.04. The number of fused-ring (bicyclic) bond motifs is 1. The summed E-state index contributed by atoms with van der Waals surface area (Å²) in [6.07, 6.45) is 4.49. The Morgan fingerprint density at radius 1 is 1.00 bits per heavy atom. The number of hydrogen-bond donors (Lipinski definition) is 3. The van der Waals surface area contributed by atoms with Crippen molar-refractivity contribution in [1.29, 1.82) is 5.26 Å². The number of nitriles is 1. The zero-order chi connectivity index (χ0) is 22.7. The number of H-pyrrole nitrogens is 3. The Morgan fingerprint density at radius 3 is 2.41 bits per heavy atom. The number of nitrogens with one attached hydrogen (secondary N) is 3. The number of rotatable bonds is 5. The Labute approximate surface area is 179 Å². The zero-order valence-corrected chi connectivity index (χ0v) is 16.3. The van der Waals surface area contributed by atoms with Crippen molar-refractivity contribution in [3.8, 4) is 6.07 Å². The van der Waals surface area contributed by atoms with Gasteiger partial charge in [-0.1, -0.05) is 42.5 Å². The maximum atomic E-state index is 11.7. The molecule has 32 heavy (non-hydrogen) atoms. The predicted molar refractivity (Wildman–Crippen MR) is 119 cm³/mol. The van der Waals surface area contributed by atoms with Gasteiger partial charge in [-0.2, -0.15) is 5.26 Å². The number of aromatic amines is 3. The van der Waals surface area contributed by atoms with Gasteiger partial charge in [-0.25, -0.2) is 9.78 Å². The minimum absolute atomic E-state index is 0.204. The summed E-state index contributed by atoms with van der Waals surface area (Å²) in [6.45, 7) is 0. The van der Waals surface area contributed by atoms with E-state index in [0.717, 1.165) is 16.6 Å². The largest absolute Gasteiger partial charge is 0.357 e. The van der Waals surface area contributed by atoms with E-state index in [0.29, 0.717) is 17.0 Å². The van der Waals surface area contributed by atoms with Gasteiger partial charge in [-0.3, -0.25) is 19.9 Å². The van der Waals surface area contributed by atoms with E-state index in [1.54, 1.807) is 30.3 Å². The molecule has 10 heteroatoms. The maximum absolute atomic E-state index is 11.7. The molecule has 0 saturated heterocycles. The third-order valence-corrected chi connectivity index (χ3v) is 4.58.